The van der Waals surface area contributed by atoms with Crippen LogP contribution in [0.4, 0.5) is 0 Å². The zero-order valence-corrected chi connectivity index (χ0v) is 12.3. The fourth-order valence-corrected chi connectivity index (χ4v) is 1.85. The number of hydrogen-bond donors (Lipinski definition) is 1. The molecule has 1 rings (SSSR count). The van der Waals surface area contributed by atoms with Crippen molar-refractivity contribution < 1.29 is 4.74 Å². The maximum atomic E-state index is 5.60. The lowest BCUT2D eigenvalue weighted by Gasteiger charge is -2.10. The summed E-state index contributed by atoms with van der Waals surface area (Å²) in [5.74, 6) is 0. The van der Waals surface area contributed by atoms with Crippen LogP contribution in [0, 0.1) is 6.92 Å². The number of hydrogen-bond acceptors (Lipinski definition) is 2. The number of ether oxygens (including phenoxy) is 1. The molecule has 0 aliphatic heterocycles. The smallest absolute Gasteiger partial charge is 0.0645 e. The fraction of sp³-hybridized carbons (Fsp3) is 0.733. The minimum Gasteiger partial charge on any atom is -0.380 e. The summed E-state index contributed by atoms with van der Waals surface area (Å²) in [7, 11) is 0. The van der Waals surface area contributed by atoms with E-state index in [0.29, 0.717) is 6.04 Å². The lowest BCUT2D eigenvalue weighted by Crippen LogP contribution is -2.22. The summed E-state index contributed by atoms with van der Waals surface area (Å²) < 4.78 is 7.89. The van der Waals surface area contributed by atoms with Crippen molar-refractivity contribution in [1.82, 2.24) is 9.88 Å². The van der Waals surface area contributed by atoms with Crippen molar-refractivity contribution in [1.29, 1.82) is 0 Å². The molecule has 0 saturated heterocycles. The Labute approximate surface area is 112 Å². The van der Waals surface area contributed by atoms with E-state index in [9.17, 15) is 0 Å². The molecule has 0 radical (unpaired) electrons. The number of aromatic nitrogens is 1. The van der Waals surface area contributed by atoms with E-state index in [2.05, 4.69) is 49.8 Å². The predicted octanol–water partition coefficient (Wildman–Crippen LogP) is 3.11. The molecule has 0 amide bonds. The van der Waals surface area contributed by atoms with Crippen molar-refractivity contribution >= 4 is 0 Å². The second-order valence-electron chi connectivity index (χ2n) is 5.12. The second kappa shape index (κ2) is 8.33. The van der Waals surface area contributed by atoms with E-state index in [1.807, 2.05) is 0 Å². The summed E-state index contributed by atoms with van der Waals surface area (Å²) in [5.41, 5.74) is 2.74. The van der Waals surface area contributed by atoms with Crippen molar-refractivity contribution in [2.75, 3.05) is 13.2 Å². The van der Waals surface area contributed by atoms with Crippen LogP contribution in [0.3, 0.4) is 0 Å². The van der Waals surface area contributed by atoms with E-state index in [0.717, 1.165) is 32.7 Å². The van der Waals surface area contributed by atoms with Gasteiger partial charge in [-0.05, 0) is 25.0 Å². The third kappa shape index (κ3) is 5.23. The number of rotatable bonds is 9. The van der Waals surface area contributed by atoms with Gasteiger partial charge in [0.1, 0.15) is 0 Å². The largest absolute Gasteiger partial charge is 0.380 e. The average molecular weight is 252 g/mol. The summed E-state index contributed by atoms with van der Waals surface area (Å²) in [6.07, 6.45) is 4.53. The molecule has 1 aromatic heterocycles. The van der Waals surface area contributed by atoms with Gasteiger partial charge in [-0.3, -0.25) is 0 Å². The van der Waals surface area contributed by atoms with Gasteiger partial charge < -0.3 is 14.6 Å². The lowest BCUT2D eigenvalue weighted by atomic mass is 10.2. The summed E-state index contributed by atoms with van der Waals surface area (Å²) in [5, 5.41) is 3.46. The van der Waals surface area contributed by atoms with Crippen molar-refractivity contribution in [3.63, 3.8) is 0 Å². The highest BCUT2D eigenvalue weighted by Gasteiger charge is 2.04. The van der Waals surface area contributed by atoms with Crippen molar-refractivity contribution in [2.45, 2.75) is 59.7 Å². The molecule has 0 atom stereocenters. The van der Waals surface area contributed by atoms with Gasteiger partial charge in [0.15, 0.2) is 0 Å². The molecular weight excluding hydrogens is 224 g/mol. The molecule has 0 spiro atoms. The van der Waals surface area contributed by atoms with E-state index < -0.39 is 0 Å². The SMILES string of the molecule is CCCCOCCn1ccc(CNC(C)C)c1C. The molecular formula is C15H28N2O. The van der Waals surface area contributed by atoms with Crippen LogP contribution >= 0.6 is 0 Å². The van der Waals surface area contributed by atoms with Crippen LogP contribution in [0.1, 0.15) is 44.9 Å². The van der Waals surface area contributed by atoms with Crippen LogP contribution in [0.5, 0.6) is 0 Å². The highest BCUT2D eigenvalue weighted by atomic mass is 16.5. The summed E-state index contributed by atoms with van der Waals surface area (Å²) in [6.45, 7) is 12.3. The molecule has 0 unspecified atom stereocenters. The van der Waals surface area contributed by atoms with Gasteiger partial charge in [0.25, 0.3) is 0 Å². The van der Waals surface area contributed by atoms with Crippen LogP contribution in [0.25, 0.3) is 0 Å². The Morgan fingerprint density at radius 3 is 2.78 bits per heavy atom. The molecule has 0 aliphatic rings. The summed E-state index contributed by atoms with van der Waals surface area (Å²) >= 11 is 0. The third-order valence-corrected chi connectivity index (χ3v) is 3.17. The molecule has 1 aromatic rings. The molecule has 0 aliphatic carbocycles. The Morgan fingerprint density at radius 1 is 1.33 bits per heavy atom. The minimum atomic E-state index is 0.533. The van der Waals surface area contributed by atoms with E-state index >= 15 is 0 Å². The molecule has 0 saturated carbocycles. The highest BCUT2D eigenvalue weighted by molar-refractivity contribution is 5.20. The Bertz CT molecular complexity index is 331. The fourth-order valence-electron chi connectivity index (χ4n) is 1.85. The average Bonchev–Trinajstić information content (AvgIpc) is 2.68. The Morgan fingerprint density at radius 2 is 2.11 bits per heavy atom. The van der Waals surface area contributed by atoms with Gasteiger partial charge in [-0.2, -0.15) is 0 Å². The van der Waals surface area contributed by atoms with Gasteiger partial charge in [0.05, 0.1) is 6.61 Å². The topological polar surface area (TPSA) is 26.2 Å². The van der Waals surface area contributed by atoms with Crippen LogP contribution in [-0.2, 0) is 17.8 Å². The Kier molecular flexibility index (Phi) is 7.06. The van der Waals surface area contributed by atoms with Crippen molar-refractivity contribution in [3.05, 3.63) is 23.5 Å². The van der Waals surface area contributed by atoms with Gasteiger partial charge in [0.2, 0.25) is 0 Å². The van der Waals surface area contributed by atoms with Crippen molar-refractivity contribution in [2.24, 2.45) is 0 Å². The standard InChI is InChI=1S/C15H28N2O/c1-5-6-10-18-11-9-17-8-7-15(14(17)4)12-16-13(2)3/h7-8,13,16H,5-6,9-12H2,1-4H3. The maximum Gasteiger partial charge on any atom is 0.0645 e. The van der Waals surface area contributed by atoms with Gasteiger partial charge in [-0.15, -0.1) is 0 Å². The first-order valence-electron chi connectivity index (χ1n) is 7.10. The molecule has 0 aromatic carbocycles. The first-order valence-corrected chi connectivity index (χ1v) is 7.10. The van der Waals surface area contributed by atoms with Gasteiger partial charge in [-0.1, -0.05) is 27.2 Å². The van der Waals surface area contributed by atoms with E-state index in [1.54, 1.807) is 0 Å². The first kappa shape index (κ1) is 15.3. The number of unbranched alkanes of at least 4 members (excludes halogenated alkanes) is 1. The van der Waals surface area contributed by atoms with Crippen molar-refractivity contribution in [3.8, 4) is 0 Å². The Hall–Kier alpha value is -0.800. The summed E-state index contributed by atoms with van der Waals surface area (Å²) in [6, 6.07) is 2.74. The molecule has 0 bridgehead atoms. The predicted molar refractivity (Wildman–Crippen MR) is 76.9 cm³/mol. The molecule has 1 heterocycles. The molecule has 3 nitrogen and oxygen atoms in total. The molecule has 18 heavy (non-hydrogen) atoms. The molecule has 0 fully saturated rings. The maximum absolute atomic E-state index is 5.60. The molecule has 1 N–H and O–H groups in total. The zero-order valence-electron chi connectivity index (χ0n) is 12.3. The van der Waals surface area contributed by atoms with Gasteiger partial charge in [0, 0.05) is 37.6 Å². The molecule has 104 valence electrons. The lowest BCUT2D eigenvalue weighted by molar-refractivity contribution is 0.123. The van der Waals surface area contributed by atoms with Crippen LogP contribution < -0.4 is 5.32 Å². The highest BCUT2D eigenvalue weighted by Crippen LogP contribution is 2.10. The van der Waals surface area contributed by atoms with E-state index in [1.165, 1.54) is 17.7 Å². The van der Waals surface area contributed by atoms with Gasteiger partial charge >= 0.3 is 0 Å². The third-order valence-electron chi connectivity index (χ3n) is 3.17. The van der Waals surface area contributed by atoms with Crippen LogP contribution in [0.2, 0.25) is 0 Å². The second-order valence-corrected chi connectivity index (χ2v) is 5.12. The normalized spacial score (nSPS) is 11.4. The monoisotopic (exact) mass is 252 g/mol. The quantitative estimate of drug-likeness (QED) is 0.683. The van der Waals surface area contributed by atoms with E-state index in [-0.39, 0.29) is 0 Å². The summed E-state index contributed by atoms with van der Waals surface area (Å²) in [4.78, 5) is 0. The zero-order chi connectivity index (χ0) is 13.4. The number of nitrogens with one attached hydrogen (secondary N) is 1. The first-order chi connectivity index (χ1) is 8.65. The van der Waals surface area contributed by atoms with Crippen LogP contribution in [0.15, 0.2) is 12.3 Å². The molecule has 3 heteroatoms. The number of nitrogens with zero attached hydrogens (tertiary/aromatic N) is 1. The Balaban J connectivity index is 2.33. The minimum absolute atomic E-state index is 0.533. The van der Waals surface area contributed by atoms with Crippen LogP contribution in [-0.4, -0.2) is 23.8 Å². The van der Waals surface area contributed by atoms with E-state index in [4.69, 9.17) is 4.74 Å². The van der Waals surface area contributed by atoms with Gasteiger partial charge in [-0.25, -0.2) is 0 Å².